The molecule has 1 N–H and O–H groups in total. The molecule has 0 amide bonds. The van der Waals surface area contributed by atoms with Gasteiger partial charge in [0, 0.05) is 10.9 Å². The summed E-state index contributed by atoms with van der Waals surface area (Å²) in [7, 11) is 3.22. The minimum atomic E-state index is -0.981. The van der Waals surface area contributed by atoms with Crippen LogP contribution in [-0.2, 0) is 18.0 Å². The predicted octanol–water partition coefficient (Wildman–Crippen LogP) is 4.43. The summed E-state index contributed by atoms with van der Waals surface area (Å²) in [6, 6.07) is 9.82. The second-order valence-corrected chi connectivity index (χ2v) is 8.58. The molecule has 0 unspecified atom stereocenters. The standard InChI is InChI=1S/C25H26O7/c1-25(2,26)12-30-24-16-9-21(28-4)20(27-3)8-15(16)23(17-10-29-11-18(17)24)14-5-6-19-22(7-14)32-13-31-19/h5-9,26H,10-13H2,1-4H3. The highest BCUT2D eigenvalue weighted by molar-refractivity contribution is 6.05. The Morgan fingerprint density at radius 3 is 2.31 bits per heavy atom. The third kappa shape index (κ3) is 3.47. The Hall–Kier alpha value is -3.16. The molecule has 0 saturated heterocycles. The van der Waals surface area contributed by atoms with Gasteiger partial charge in [0.25, 0.3) is 0 Å². The van der Waals surface area contributed by atoms with Crippen LogP contribution in [0.2, 0.25) is 0 Å². The molecule has 0 aliphatic carbocycles. The van der Waals surface area contributed by atoms with Crippen molar-refractivity contribution in [2.75, 3.05) is 27.6 Å². The van der Waals surface area contributed by atoms with Crippen LogP contribution in [0, 0.1) is 0 Å². The Bertz CT molecular complexity index is 1190. The predicted molar refractivity (Wildman–Crippen MR) is 119 cm³/mol. The minimum absolute atomic E-state index is 0.145. The molecule has 0 radical (unpaired) electrons. The minimum Gasteiger partial charge on any atom is -0.493 e. The molecule has 3 aromatic carbocycles. The van der Waals surface area contributed by atoms with E-state index >= 15 is 0 Å². The Kier molecular flexibility index (Phi) is 5.03. The molecular formula is C25H26O7. The average Bonchev–Trinajstić information content (AvgIpc) is 3.43. The van der Waals surface area contributed by atoms with Gasteiger partial charge in [0.05, 0.1) is 33.0 Å². The first-order valence-corrected chi connectivity index (χ1v) is 10.5. The lowest BCUT2D eigenvalue weighted by Crippen LogP contribution is -2.28. The van der Waals surface area contributed by atoms with E-state index in [4.69, 9.17) is 28.4 Å². The van der Waals surface area contributed by atoms with Crippen LogP contribution >= 0.6 is 0 Å². The van der Waals surface area contributed by atoms with Gasteiger partial charge in [0.2, 0.25) is 6.79 Å². The third-order valence-electron chi connectivity index (χ3n) is 5.70. The summed E-state index contributed by atoms with van der Waals surface area (Å²) in [5.74, 6) is 3.36. The van der Waals surface area contributed by atoms with Crippen LogP contribution in [0.5, 0.6) is 28.7 Å². The molecule has 2 aliphatic heterocycles. The first-order chi connectivity index (χ1) is 15.4. The van der Waals surface area contributed by atoms with E-state index in [1.54, 1.807) is 28.1 Å². The first kappa shape index (κ1) is 20.7. The number of aliphatic hydroxyl groups is 1. The Morgan fingerprint density at radius 2 is 1.59 bits per heavy atom. The third-order valence-corrected chi connectivity index (χ3v) is 5.70. The quantitative estimate of drug-likeness (QED) is 0.610. The molecule has 0 saturated carbocycles. The van der Waals surface area contributed by atoms with E-state index in [0.717, 1.165) is 38.8 Å². The maximum absolute atomic E-state index is 10.3. The summed E-state index contributed by atoms with van der Waals surface area (Å²) in [5, 5.41) is 12.1. The highest BCUT2D eigenvalue weighted by Crippen LogP contribution is 2.49. The maximum atomic E-state index is 10.3. The summed E-state index contributed by atoms with van der Waals surface area (Å²) in [6.45, 7) is 4.69. The van der Waals surface area contributed by atoms with Gasteiger partial charge < -0.3 is 33.5 Å². The molecule has 3 aromatic rings. The fourth-order valence-corrected chi connectivity index (χ4v) is 4.25. The highest BCUT2D eigenvalue weighted by Gasteiger charge is 2.29. The van der Waals surface area contributed by atoms with Crippen molar-refractivity contribution in [1.82, 2.24) is 0 Å². The molecule has 0 atom stereocenters. The molecule has 0 bridgehead atoms. The number of benzene rings is 3. The van der Waals surface area contributed by atoms with E-state index in [0.29, 0.717) is 36.2 Å². The SMILES string of the molecule is COc1cc2c(OCC(C)(C)O)c3c(c(-c4ccc5c(c4)OCO5)c2cc1OC)COC3. The smallest absolute Gasteiger partial charge is 0.231 e. The molecule has 0 spiro atoms. The normalized spacial score (nSPS) is 14.5. The van der Waals surface area contributed by atoms with E-state index in [-0.39, 0.29) is 13.4 Å². The van der Waals surface area contributed by atoms with E-state index in [2.05, 4.69) is 0 Å². The van der Waals surface area contributed by atoms with E-state index in [1.807, 2.05) is 30.3 Å². The first-order valence-electron chi connectivity index (χ1n) is 10.5. The Morgan fingerprint density at radius 1 is 0.906 bits per heavy atom. The summed E-state index contributed by atoms with van der Waals surface area (Å²) in [5.41, 5.74) is 3.06. The van der Waals surface area contributed by atoms with Gasteiger partial charge >= 0.3 is 0 Å². The molecule has 2 aliphatic rings. The van der Waals surface area contributed by atoms with Gasteiger partial charge in [0.1, 0.15) is 12.4 Å². The second-order valence-electron chi connectivity index (χ2n) is 8.58. The number of rotatable bonds is 6. The molecule has 7 heteroatoms. The lowest BCUT2D eigenvalue weighted by Gasteiger charge is -2.23. The zero-order valence-electron chi connectivity index (χ0n) is 18.6. The summed E-state index contributed by atoms with van der Waals surface area (Å²) in [4.78, 5) is 0. The van der Waals surface area contributed by atoms with Crippen LogP contribution in [0.3, 0.4) is 0 Å². The second kappa shape index (κ2) is 7.76. The molecule has 0 aromatic heterocycles. The van der Waals surface area contributed by atoms with Crippen molar-refractivity contribution in [3.63, 3.8) is 0 Å². The van der Waals surface area contributed by atoms with Crippen LogP contribution in [0.4, 0.5) is 0 Å². The fourth-order valence-electron chi connectivity index (χ4n) is 4.25. The van der Waals surface area contributed by atoms with Crippen molar-refractivity contribution in [2.45, 2.75) is 32.7 Å². The monoisotopic (exact) mass is 438 g/mol. The summed E-state index contributed by atoms with van der Waals surface area (Å²) >= 11 is 0. The van der Waals surface area contributed by atoms with Crippen molar-refractivity contribution in [3.05, 3.63) is 41.5 Å². The molecule has 32 heavy (non-hydrogen) atoms. The van der Waals surface area contributed by atoms with Crippen LogP contribution in [0.1, 0.15) is 25.0 Å². The number of fused-ring (bicyclic) bond motifs is 3. The van der Waals surface area contributed by atoms with Gasteiger partial charge in [-0.2, -0.15) is 0 Å². The van der Waals surface area contributed by atoms with Gasteiger partial charge in [-0.1, -0.05) is 6.07 Å². The maximum Gasteiger partial charge on any atom is 0.231 e. The molecular weight excluding hydrogens is 412 g/mol. The zero-order chi connectivity index (χ0) is 22.5. The van der Waals surface area contributed by atoms with Crippen molar-refractivity contribution in [2.24, 2.45) is 0 Å². The van der Waals surface area contributed by atoms with Crippen molar-refractivity contribution >= 4 is 10.8 Å². The molecule has 7 nitrogen and oxygen atoms in total. The number of hydrogen-bond donors (Lipinski definition) is 1. The Balaban J connectivity index is 1.80. The van der Waals surface area contributed by atoms with Crippen molar-refractivity contribution in [1.29, 1.82) is 0 Å². The Labute approximate surface area is 186 Å². The van der Waals surface area contributed by atoms with Crippen LogP contribution < -0.4 is 23.7 Å². The highest BCUT2D eigenvalue weighted by atomic mass is 16.7. The fraction of sp³-hybridized carbons (Fsp3) is 0.360. The lowest BCUT2D eigenvalue weighted by molar-refractivity contribution is 0.0282. The zero-order valence-corrected chi connectivity index (χ0v) is 18.6. The van der Waals surface area contributed by atoms with Gasteiger partial charge in [-0.05, 0) is 60.2 Å². The molecule has 0 fully saturated rings. The van der Waals surface area contributed by atoms with Crippen LogP contribution in [0.25, 0.3) is 21.9 Å². The number of hydrogen-bond acceptors (Lipinski definition) is 7. The van der Waals surface area contributed by atoms with E-state index in [1.165, 1.54) is 0 Å². The summed E-state index contributed by atoms with van der Waals surface area (Å²) < 4.78 is 34.3. The largest absolute Gasteiger partial charge is 0.493 e. The van der Waals surface area contributed by atoms with Crippen LogP contribution in [-0.4, -0.2) is 38.3 Å². The van der Waals surface area contributed by atoms with Crippen molar-refractivity contribution in [3.8, 4) is 39.9 Å². The topological polar surface area (TPSA) is 75.6 Å². The van der Waals surface area contributed by atoms with Gasteiger partial charge in [-0.25, -0.2) is 0 Å². The number of ether oxygens (including phenoxy) is 6. The average molecular weight is 438 g/mol. The van der Waals surface area contributed by atoms with Crippen LogP contribution in [0.15, 0.2) is 30.3 Å². The molecule has 168 valence electrons. The number of methoxy groups -OCH3 is 2. The van der Waals surface area contributed by atoms with Crippen molar-refractivity contribution < 1.29 is 33.5 Å². The molecule has 2 heterocycles. The van der Waals surface area contributed by atoms with Gasteiger partial charge in [-0.15, -0.1) is 0 Å². The lowest BCUT2D eigenvalue weighted by atomic mass is 9.89. The van der Waals surface area contributed by atoms with E-state index < -0.39 is 5.60 Å². The van der Waals surface area contributed by atoms with E-state index in [9.17, 15) is 5.11 Å². The summed E-state index contributed by atoms with van der Waals surface area (Å²) in [6.07, 6.45) is 0. The molecule has 5 rings (SSSR count). The van der Waals surface area contributed by atoms with Gasteiger partial charge in [0.15, 0.2) is 23.0 Å². The van der Waals surface area contributed by atoms with Gasteiger partial charge in [-0.3, -0.25) is 0 Å².